The SMILES string of the molecule is NC(Cc1c(C(=O)O)nn(-c2ccccc2Cl)c1-c1ccc(Cl)cc1)=NO. The second kappa shape index (κ2) is 7.69. The van der Waals surface area contributed by atoms with E-state index in [1.807, 2.05) is 0 Å². The molecular weight excluding hydrogens is 391 g/mol. The molecule has 1 aromatic heterocycles. The van der Waals surface area contributed by atoms with Gasteiger partial charge in [-0.2, -0.15) is 5.10 Å². The molecular formula is C18H14Cl2N4O3. The first-order valence-electron chi connectivity index (χ1n) is 7.74. The van der Waals surface area contributed by atoms with Crippen LogP contribution in [-0.2, 0) is 6.42 Å². The molecule has 4 N–H and O–H groups in total. The van der Waals surface area contributed by atoms with Crippen LogP contribution in [0.4, 0.5) is 0 Å². The van der Waals surface area contributed by atoms with Gasteiger partial charge in [0.15, 0.2) is 5.69 Å². The number of aromatic carboxylic acids is 1. The lowest BCUT2D eigenvalue weighted by Crippen LogP contribution is -2.17. The van der Waals surface area contributed by atoms with E-state index < -0.39 is 5.97 Å². The van der Waals surface area contributed by atoms with Crippen molar-refractivity contribution in [2.75, 3.05) is 0 Å². The second-order valence-corrected chi connectivity index (χ2v) is 6.46. The van der Waals surface area contributed by atoms with Crippen LogP contribution in [-0.4, -0.2) is 31.9 Å². The van der Waals surface area contributed by atoms with Crippen LogP contribution in [0.2, 0.25) is 10.0 Å². The molecule has 0 unspecified atom stereocenters. The van der Waals surface area contributed by atoms with Crippen molar-refractivity contribution < 1.29 is 15.1 Å². The molecule has 138 valence electrons. The smallest absolute Gasteiger partial charge is 0.356 e. The van der Waals surface area contributed by atoms with Crippen molar-refractivity contribution in [2.24, 2.45) is 10.9 Å². The lowest BCUT2D eigenvalue weighted by atomic mass is 10.0. The highest BCUT2D eigenvalue weighted by Crippen LogP contribution is 2.33. The number of benzene rings is 2. The van der Waals surface area contributed by atoms with Gasteiger partial charge in [-0.3, -0.25) is 0 Å². The number of carboxylic acid groups (broad SMARTS) is 1. The van der Waals surface area contributed by atoms with Gasteiger partial charge >= 0.3 is 5.97 Å². The zero-order chi connectivity index (χ0) is 19.6. The first-order chi connectivity index (χ1) is 12.9. The van der Waals surface area contributed by atoms with Crippen LogP contribution in [0, 0.1) is 0 Å². The number of carbonyl (C=O) groups is 1. The van der Waals surface area contributed by atoms with Gasteiger partial charge in [0.1, 0.15) is 5.84 Å². The Balaban J connectivity index is 2.36. The third-order valence-electron chi connectivity index (χ3n) is 3.87. The van der Waals surface area contributed by atoms with E-state index in [9.17, 15) is 9.90 Å². The standard InChI is InChI=1S/C18H14Cl2N4O3/c19-11-7-5-10(6-8-11)17-12(9-15(21)23-27)16(18(25)26)22-24(17)14-4-2-1-3-13(14)20/h1-8,27H,9H2,(H2,21,23)(H,25,26). The molecule has 2 aromatic carbocycles. The summed E-state index contributed by atoms with van der Waals surface area (Å²) in [5, 5.41) is 26.7. The predicted octanol–water partition coefficient (Wildman–Crippen LogP) is 3.83. The van der Waals surface area contributed by atoms with Crippen molar-refractivity contribution in [3.63, 3.8) is 0 Å². The molecule has 27 heavy (non-hydrogen) atoms. The third kappa shape index (κ3) is 3.74. The fourth-order valence-corrected chi connectivity index (χ4v) is 3.05. The average Bonchev–Trinajstić information content (AvgIpc) is 3.02. The van der Waals surface area contributed by atoms with Crippen LogP contribution < -0.4 is 5.73 Å². The third-order valence-corrected chi connectivity index (χ3v) is 4.44. The molecule has 0 bridgehead atoms. The molecule has 0 aliphatic carbocycles. The highest BCUT2D eigenvalue weighted by atomic mass is 35.5. The van der Waals surface area contributed by atoms with E-state index >= 15 is 0 Å². The number of oxime groups is 1. The van der Waals surface area contributed by atoms with E-state index in [1.54, 1.807) is 48.5 Å². The van der Waals surface area contributed by atoms with Gasteiger partial charge in [-0.1, -0.05) is 52.6 Å². The molecule has 0 aliphatic heterocycles. The normalized spacial score (nSPS) is 11.6. The zero-order valence-corrected chi connectivity index (χ0v) is 15.3. The van der Waals surface area contributed by atoms with Crippen LogP contribution >= 0.6 is 23.2 Å². The van der Waals surface area contributed by atoms with Crippen LogP contribution in [0.3, 0.4) is 0 Å². The van der Waals surface area contributed by atoms with E-state index in [0.29, 0.717) is 32.6 Å². The molecule has 7 nitrogen and oxygen atoms in total. The van der Waals surface area contributed by atoms with Gasteiger partial charge in [-0.25, -0.2) is 9.48 Å². The molecule has 0 amide bonds. The highest BCUT2D eigenvalue weighted by molar-refractivity contribution is 6.32. The lowest BCUT2D eigenvalue weighted by molar-refractivity contribution is 0.0689. The Kier molecular flexibility index (Phi) is 5.34. The molecule has 0 radical (unpaired) electrons. The van der Waals surface area contributed by atoms with Gasteiger partial charge in [-0.15, -0.1) is 0 Å². The minimum atomic E-state index is -1.24. The molecule has 0 saturated heterocycles. The van der Waals surface area contributed by atoms with E-state index in [1.165, 1.54) is 4.68 Å². The zero-order valence-electron chi connectivity index (χ0n) is 13.8. The Bertz CT molecular complexity index is 1030. The van der Waals surface area contributed by atoms with Crippen LogP contribution in [0.5, 0.6) is 0 Å². The van der Waals surface area contributed by atoms with Crippen molar-refractivity contribution in [1.82, 2.24) is 9.78 Å². The van der Waals surface area contributed by atoms with E-state index in [2.05, 4.69) is 10.3 Å². The number of amidine groups is 1. The number of hydrogen-bond acceptors (Lipinski definition) is 4. The van der Waals surface area contributed by atoms with Gasteiger partial charge in [0, 0.05) is 22.6 Å². The number of carboxylic acids is 1. The number of rotatable bonds is 5. The predicted molar refractivity (Wildman–Crippen MR) is 103 cm³/mol. The number of nitrogens with two attached hydrogens (primary N) is 1. The summed E-state index contributed by atoms with van der Waals surface area (Å²) in [5.41, 5.74) is 7.33. The Hall–Kier alpha value is -3.03. The van der Waals surface area contributed by atoms with Crippen LogP contribution in [0.25, 0.3) is 16.9 Å². The first-order valence-corrected chi connectivity index (χ1v) is 8.50. The summed E-state index contributed by atoms with van der Waals surface area (Å²) in [7, 11) is 0. The molecule has 0 aliphatic rings. The Morgan fingerprint density at radius 2 is 1.81 bits per heavy atom. The monoisotopic (exact) mass is 404 g/mol. The Morgan fingerprint density at radius 1 is 1.15 bits per heavy atom. The van der Waals surface area contributed by atoms with Crippen molar-refractivity contribution in [3.8, 4) is 16.9 Å². The number of para-hydroxylation sites is 1. The molecule has 0 fully saturated rings. The molecule has 0 spiro atoms. The summed E-state index contributed by atoms with van der Waals surface area (Å²) >= 11 is 12.3. The number of nitrogens with zero attached hydrogens (tertiary/aromatic N) is 3. The minimum Gasteiger partial charge on any atom is -0.476 e. The van der Waals surface area contributed by atoms with Crippen molar-refractivity contribution in [2.45, 2.75) is 6.42 Å². The summed E-state index contributed by atoms with van der Waals surface area (Å²) in [6, 6.07) is 13.7. The van der Waals surface area contributed by atoms with E-state index in [4.69, 9.17) is 34.1 Å². The summed E-state index contributed by atoms with van der Waals surface area (Å²) in [6.45, 7) is 0. The van der Waals surface area contributed by atoms with Gasteiger partial charge in [0.05, 0.1) is 16.4 Å². The number of aromatic nitrogens is 2. The Labute approximate surface area is 164 Å². The molecule has 0 atom stereocenters. The summed E-state index contributed by atoms with van der Waals surface area (Å²) in [6.07, 6.45) is -0.111. The molecule has 3 aromatic rings. The van der Waals surface area contributed by atoms with Crippen molar-refractivity contribution in [1.29, 1.82) is 0 Å². The summed E-state index contributed by atoms with van der Waals surface area (Å²) in [4.78, 5) is 11.8. The first kappa shape index (κ1) is 18.8. The maximum Gasteiger partial charge on any atom is 0.356 e. The lowest BCUT2D eigenvalue weighted by Gasteiger charge is -2.11. The number of halogens is 2. The van der Waals surface area contributed by atoms with Crippen LogP contribution in [0.1, 0.15) is 16.1 Å². The van der Waals surface area contributed by atoms with Gasteiger partial charge < -0.3 is 16.0 Å². The fraction of sp³-hybridized carbons (Fsp3) is 0.0556. The van der Waals surface area contributed by atoms with Crippen molar-refractivity contribution >= 4 is 35.0 Å². The maximum atomic E-state index is 11.8. The van der Waals surface area contributed by atoms with E-state index in [-0.39, 0.29) is 18.0 Å². The molecule has 1 heterocycles. The highest BCUT2D eigenvalue weighted by Gasteiger charge is 2.26. The van der Waals surface area contributed by atoms with Crippen molar-refractivity contribution in [3.05, 3.63) is 69.8 Å². The van der Waals surface area contributed by atoms with Crippen LogP contribution in [0.15, 0.2) is 53.7 Å². The summed E-state index contributed by atoms with van der Waals surface area (Å²) < 4.78 is 1.44. The minimum absolute atomic E-state index is 0.111. The Morgan fingerprint density at radius 3 is 2.41 bits per heavy atom. The largest absolute Gasteiger partial charge is 0.476 e. The van der Waals surface area contributed by atoms with Gasteiger partial charge in [0.2, 0.25) is 0 Å². The van der Waals surface area contributed by atoms with E-state index in [0.717, 1.165) is 0 Å². The molecule has 0 saturated carbocycles. The average molecular weight is 405 g/mol. The molecule has 3 rings (SSSR count). The summed E-state index contributed by atoms with van der Waals surface area (Å²) in [5.74, 6) is -1.39. The van der Waals surface area contributed by atoms with Gasteiger partial charge in [0.25, 0.3) is 0 Å². The van der Waals surface area contributed by atoms with Gasteiger partial charge in [-0.05, 0) is 24.3 Å². The second-order valence-electron chi connectivity index (χ2n) is 5.62. The number of hydrogen-bond donors (Lipinski definition) is 3. The molecule has 9 heteroatoms. The topological polar surface area (TPSA) is 114 Å². The quantitative estimate of drug-likeness (QED) is 0.258. The maximum absolute atomic E-state index is 11.8. The fourth-order valence-electron chi connectivity index (χ4n) is 2.71.